The number of hydrogen-bond donors (Lipinski definition) is 1. The Balaban J connectivity index is 2.71. The maximum atomic E-state index is 10.2. The molecular formula is C5H5NO2S. The van der Waals surface area contributed by atoms with E-state index in [1.807, 2.05) is 0 Å². The van der Waals surface area contributed by atoms with Crippen molar-refractivity contribution in [3.8, 4) is 0 Å². The number of thiocarbonyl (C=S) groups is 1. The summed E-state index contributed by atoms with van der Waals surface area (Å²) in [4.78, 5) is 10.2. The van der Waals surface area contributed by atoms with E-state index in [-0.39, 0.29) is 0 Å². The van der Waals surface area contributed by atoms with Crippen LogP contribution in [0, 0.1) is 0 Å². The van der Waals surface area contributed by atoms with E-state index in [4.69, 9.17) is 4.74 Å². The van der Waals surface area contributed by atoms with Crippen LogP contribution < -0.4 is 5.32 Å². The molecular weight excluding hydrogens is 138 g/mol. The summed E-state index contributed by atoms with van der Waals surface area (Å²) in [7, 11) is 0. The monoisotopic (exact) mass is 143 g/mol. The number of aldehydes is 1. The zero-order chi connectivity index (χ0) is 6.74. The summed E-state index contributed by atoms with van der Waals surface area (Å²) in [6.45, 7) is 0. The van der Waals surface area contributed by atoms with Crippen LogP contribution in [-0.2, 0) is 9.53 Å². The average Bonchev–Trinajstić information content (AvgIpc) is 2.36. The molecule has 1 N–H and O–H groups in total. The molecule has 0 aromatic heterocycles. The summed E-state index contributed by atoms with van der Waals surface area (Å²) in [6, 6.07) is 0. The van der Waals surface area contributed by atoms with Gasteiger partial charge in [-0.2, -0.15) is 0 Å². The quantitative estimate of drug-likeness (QED) is 0.435. The fourth-order valence-electron chi connectivity index (χ4n) is 0.496. The lowest BCUT2D eigenvalue weighted by atomic mass is 10.3. The molecule has 1 aliphatic rings. The molecule has 0 aromatic rings. The summed E-state index contributed by atoms with van der Waals surface area (Å²) in [5.74, 6) is 0. The van der Waals surface area contributed by atoms with E-state index in [1.165, 1.54) is 17.8 Å². The van der Waals surface area contributed by atoms with Crippen LogP contribution in [0.15, 0.2) is 12.5 Å². The van der Waals surface area contributed by atoms with Gasteiger partial charge in [-0.25, -0.2) is 0 Å². The molecule has 1 rings (SSSR count). The molecule has 1 heterocycles. The zero-order valence-corrected chi connectivity index (χ0v) is 5.35. The van der Waals surface area contributed by atoms with Crippen LogP contribution in [0.2, 0.25) is 0 Å². The third-order valence-electron chi connectivity index (χ3n) is 0.990. The second-order valence-electron chi connectivity index (χ2n) is 1.59. The Morgan fingerprint density at radius 1 is 1.78 bits per heavy atom. The van der Waals surface area contributed by atoms with Crippen LogP contribution in [-0.4, -0.2) is 17.4 Å². The zero-order valence-electron chi connectivity index (χ0n) is 4.53. The van der Waals surface area contributed by atoms with Crippen molar-refractivity contribution in [2.45, 2.75) is 5.72 Å². The number of carbonyl (C=O) groups is 1. The summed E-state index contributed by atoms with van der Waals surface area (Å²) in [5.41, 5.74) is -1.07. The fourth-order valence-corrected chi connectivity index (χ4v) is 0.675. The molecule has 0 saturated carbocycles. The van der Waals surface area contributed by atoms with Gasteiger partial charge in [0.05, 0.1) is 5.37 Å². The molecule has 1 atom stereocenters. The van der Waals surface area contributed by atoms with Gasteiger partial charge in [0.1, 0.15) is 6.26 Å². The molecule has 1 unspecified atom stereocenters. The Labute approximate surface area is 57.7 Å². The molecule has 1 aliphatic heterocycles. The van der Waals surface area contributed by atoms with E-state index in [9.17, 15) is 4.79 Å². The SMILES string of the molecule is O=CC1(C=S)NC=CO1. The maximum Gasteiger partial charge on any atom is 0.265 e. The normalized spacial score (nSPS) is 30.7. The van der Waals surface area contributed by atoms with Gasteiger partial charge in [-0.05, 0) is 0 Å². The number of hydrogen-bond acceptors (Lipinski definition) is 4. The third-order valence-corrected chi connectivity index (χ3v) is 1.34. The van der Waals surface area contributed by atoms with E-state index in [0.29, 0.717) is 6.29 Å². The van der Waals surface area contributed by atoms with Crippen LogP contribution in [0.5, 0.6) is 0 Å². The van der Waals surface area contributed by atoms with Crippen LogP contribution >= 0.6 is 12.2 Å². The molecule has 0 amide bonds. The minimum Gasteiger partial charge on any atom is -0.463 e. The van der Waals surface area contributed by atoms with Gasteiger partial charge in [0, 0.05) is 6.20 Å². The fraction of sp³-hybridized carbons (Fsp3) is 0.200. The molecule has 0 radical (unpaired) electrons. The number of ether oxygens (including phenoxy) is 1. The van der Waals surface area contributed by atoms with Gasteiger partial charge in [-0.1, -0.05) is 12.2 Å². The van der Waals surface area contributed by atoms with Crippen molar-refractivity contribution in [1.29, 1.82) is 0 Å². The largest absolute Gasteiger partial charge is 0.463 e. The third kappa shape index (κ3) is 0.929. The van der Waals surface area contributed by atoms with E-state index in [0.717, 1.165) is 0 Å². The molecule has 4 heteroatoms. The predicted molar refractivity (Wildman–Crippen MR) is 35.8 cm³/mol. The predicted octanol–water partition coefficient (Wildman–Crippen LogP) is -0.0277. The Morgan fingerprint density at radius 2 is 2.56 bits per heavy atom. The van der Waals surface area contributed by atoms with Crippen molar-refractivity contribution in [3.63, 3.8) is 0 Å². The second-order valence-corrected chi connectivity index (χ2v) is 1.83. The van der Waals surface area contributed by atoms with E-state index < -0.39 is 5.72 Å². The molecule has 3 nitrogen and oxygen atoms in total. The van der Waals surface area contributed by atoms with Crippen molar-refractivity contribution >= 4 is 23.9 Å². The first kappa shape index (κ1) is 6.22. The standard InChI is InChI=1S/C5H5NO2S/c7-3-5(4-9)6-1-2-8-5/h1-4,6H. The van der Waals surface area contributed by atoms with Crippen molar-refractivity contribution in [2.24, 2.45) is 0 Å². The first-order valence-corrected chi connectivity index (χ1v) is 2.83. The topological polar surface area (TPSA) is 38.3 Å². The molecule has 9 heavy (non-hydrogen) atoms. The lowest BCUT2D eigenvalue weighted by Gasteiger charge is -2.15. The van der Waals surface area contributed by atoms with Gasteiger partial charge < -0.3 is 10.1 Å². The minimum absolute atomic E-state index is 0.611. The number of nitrogens with one attached hydrogen (secondary N) is 1. The Morgan fingerprint density at radius 3 is 2.78 bits per heavy atom. The molecule has 0 bridgehead atoms. The highest BCUT2D eigenvalue weighted by atomic mass is 32.1. The van der Waals surface area contributed by atoms with Gasteiger partial charge in [-0.15, -0.1) is 0 Å². The van der Waals surface area contributed by atoms with Crippen molar-refractivity contribution in [2.75, 3.05) is 0 Å². The highest BCUT2D eigenvalue weighted by Gasteiger charge is 2.28. The van der Waals surface area contributed by atoms with Crippen molar-refractivity contribution < 1.29 is 9.53 Å². The second kappa shape index (κ2) is 2.14. The van der Waals surface area contributed by atoms with Crippen molar-refractivity contribution in [3.05, 3.63) is 12.5 Å². The highest BCUT2D eigenvalue weighted by molar-refractivity contribution is 7.79. The van der Waals surface area contributed by atoms with Crippen LogP contribution in [0.4, 0.5) is 0 Å². The van der Waals surface area contributed by atoms with Crippen LogP contribution in [0.3, 0.4) is 0 Å². The smallest absolute Gasteiger partial charge is 0.265 e. The summed E-state index contributed by atoms with van der Waals surface area (Å²) in [6.07, 6.45) is 3.52. The van der Waals surface area contributed by atoms with Gasteiger partial charge in [0.2, 0.25) is 0 Å². The lowest BCUT2D eigenvalue weighted by Crippen LogP contribution is -2.43. The number of carbonyl (C=O) groups excluding carboxylic acids is 1. The molecule has 0 fully saturated rings. The molecule has 0 saturated heterocycles. The first-order valence-electron chi connectivity index (χ1n) is 2.36. The highest BCUT2D eigenvalue weighted by Crippen LogP contribution is 2.06. The van der Waals surface area contributed by atoms with Gasteiger partial charge >= 0.3 is 0 Å². The maximum absolute atomic E-state index is 10.2. The van der Waals surface area contributed by atoms with E-state index in [1.54, 1.807) is 0 Å². The molecule has 0 aliphatic carbocycles. The van der Waals surface area contributed by atoms with Gasteiger partial charge in [0.25, 0.3) is 5.72 Å². The summed E-state index contributed by atoms with van der Waals surface area (Å²) >= 11 is 4.54. The lowest BCUT2D eigenvalue weighted by molar-refractivity contribution is -0.118. The van der Waals surface area contributed by atoms with Crippen molar-refractivity contribution in [1.82, 2.24) is 5.32 Å². The van der Waals surface area contributed by atoms with Gasteiger partial charge in [-0.3, -0.25) is 4.79 Å². The minimum atomic E-state index is -1.07. The van der Waals surface area contributed by atoms with Crippen LogP contribution in [0.1, 0.15) is 0 Å². The number of rotatable bonds is 2. The van der Waals surface area contributed by atoms with Crippen LogP contribution in [0.25, 0.3) is 0 Å². The summed E-state index contributed by atoms with van der Waals surface area (Å²) < 4.78 is 4.82. The Hall–Kier alpha value is -0.900. The van der Waals surface area contributed by atoms with E-state index >= 15 is 0 Å². The molecule has 48 valence electrons. The van der Waals surface area contributed by atoms with Gasteiger partial charge in [0.15, 0.2) is 6.29 Å². The molecule has 0 aromatic carbocycles. The van der Waals surface area contributed by atoms with E-state index in [2.05, 4.69) is 17.5 Å². The summed E-state index contributed by atoms with van der Waals surface area (Å²) in [5, 5.41) is 3.88. The molecule has 0 spiro atoms. The Kier molecular flexibility index (Phi) is 1.48. The Bertz CT molecular complexity index is 148. The first-order chi connectivity index (χ1) is 4.33. The average molecular weight is 143 g/mol.